The van der Waals surface area contributed by atoms with Crippen molar-refractivity contribution in [3.8, 4) is 22.8 Å². The van der Waals surface area contributed by atoms with Crippen LogP contribution in [0.4, 0.5) is 14.5 Å². The van der Waals surface area contributed by atoms with Crippen LogP contribution >= 0.6 is 11.6 Å². The molecule has 0 amide bonds. The number of nitrogens with one attached hydrogen (secondary N) is 1. The fourth-order valence-corrected chi connectivity index (χ4v) is 2.01. The van der Waals surface area contributed by atoms with Crippen LogP contribution < -0.4 is 5.73 Å². The van der Waals surface area contributed by atoms with E-state index in [2.05, 4.69) is 15.2 Å². The molecule has 0 aliphatic carbocycles. The van der Waals surface area contributed by atoms with Gasteiger partial charge in [0.15, 0.2) is 11.6 Å². The van der Waals surface area contributed by atoms with Gasteiger partial charge in [0.25, 0.3) is 0 Å². The molecule has 0 unspecified atom stereocenters. The molecule has 0 saturated carbocycles. The molecule has 0 aliphatic heterocycles. The van der Waals surface area contributed by atoms with Gasteiger partial charge in [-0.1, -0.05) is 11.6 Å². The molecule has 3 aromatic rings. The Morgan fingerprint density at radius 1 is 1.00 bits per heavy atom. The summed E-state index contributed by atoms with van der Waals surface area (Å²) in [5.74, 6) is -0.755. The number of halogens is 3. The second-order valence-corrected chi connectivity index (χ2v) is 4.81. The average Bonchev–Trinajstić information content (AvgIpc) is 2.90. The predicted molar refractivity (Wildman–Crippen MR) is 76.6 cm³/mol. The first kappa shape index (κ1) is 13.5. The minimum atomic E-state index is -0.688. The molecular weight excluding hydrogens is 298 g/mol. The molecule has 0 atom stereocenters. The Bertz CT molecular complexity index is 796. The number of nitrogens with two attached hydrogens (primary N) is 1. The van der Waals surface area contributed by atoms with Gasteiger partial charge in [0.1, 0.15) is 11.6 Å². The van der Waals surface area contributed by atoms with Crippen molar-refractivity contribution >= 4 is 17.3 Å². The van der Waals surface area contributed by atoms with Crippen LogP contribution in [0.5, 0.6) is 0 Å². The fraction of sp³-hybridized carbons (Fsp3) is 0. The van der Waals surface area contributed by atoms with E-state index in [1.165, 1.54) is 0 Å². The van der Waals surface area contributed by atoms with Crippen molar-refractivity contribution in [3.05, 3.63) is 53.1 Å². The van der Waals surface area contributed by atoms with Crippen molar-refractivity contribution in [1.82, 2.24) is 15.2 Å². The van der Waals surface area contributed by atoms with Crippen LogP contribution in [0.25, 0.3) is 22.8 Å². The monoisotopic (exact) mass is 306 g/mol. The topological polar surface area (TPSA) is 67.6 Å². The summed E-state index contributed by atoms with van der Waals surface area (Å²) in [5, 5.41) is 7.09. The molecule has 106 valence electrons. The lowest BCUT2D eigenvalue weighted by Gasteiger charge is -2.00. The number of rotatable bonds is 2. The van der Waals surface area contributed by atoms with Crippen LogP contribution in [0.3, 0.4) is 0 Å². The zero-order valence-corrected chi connectivity index (χ0v) is 11.3. The van der Waals surface area contributed by atoms with Crippen molar-refractivity contribution in [1.29, 1.82) is 0 Å². The number of hydrogen-bond donors (Lipinski definition) is 2. The zero-order valence-electron chi connectivity index (χ0n) is 10.6. The fourth-order valence-electron chi connectivity index (χ4n) is 1.89. The van der Waals surface area contributed by atoms with E-state index in [4.69, 9.17) is 17.3 Å². The summed E-state index contributed by atoms with van der Waals surface area (Å²) in [7, 11) is 0. The molecule has 1 heterocycles. The van der Waals surface area contributed by atoms with Crippen molar-refractivity contribution in [3.63, 3.8) is 0 Å². The molecule has 0 aliphatic rings. The minimum absolute atomic E-state index is 0.192. The van der Waals surface area contributed by atoms with Gasteiger partial charge in [0, 0.05) is 17.2 Å². The maximum absolute atomic E-state index is 13.2. The van der Waals surface area contributed by atoms with Crippen LogP contribution in [0.15, 0.2) is 36.4 Å². The number of hydrogen-bond acceptors (Lipinski definition) is 3. The highest BCUT2D eigenvalue weighted by atomic mass is 35.5. The van der Waals surface area contributed by atoms with E-state index in [1.54, 1.807) is 18.2 Å². The summed E-state index contributed by atoms with van der Waals surface area (Å²) >= 11 is 5.85. The Kier molecular flexibility index (Phi) is 3.31. The standard InChI is InChI=1S/C14H9ClF2N4/c15-11-2-1-7(5-12(11)18)13-19-14(21-20-13)8-3-9(16)6-10(17)4-8/h1-6H,18H2,(H,19,20,21). The van der Waals surface area contributed by atoms with Gasteiger partial charge in [-0.3, -0.25) is 5.10 Å². The number of aromatic amines is 1. The molecule has 0 saturated heterocycles. The van der Waals surface area contributed by atoms with E-state index in [0.29, 0.717) is 22.1 Å². The van der Waals surface area contributed by atoms with Gasteiger partial charge in [0.05, 0.1) is 10.7 Å². The van der Waals surface area contributed by atoms with Crippen LogP contribution in [-0.2, 0) is 0 Å². The van der Waals surface area contributed by atoms with Crippen LogP contribution in [-0.4, -0.2) is 15.2 Å². The number of anilines is 1. The summed E-state index contributed by atoms with van der Waals surface area (Å²) in [6.45, 7) is 0. The lowest BCUT2D eigenvalue weighted by atomic mass is 10.2. The Morgan fingerprint density at radius 2 is 1.71 bits per heavy atom. The molecule has 0 bridgehead atoms. The number of nitrogens with zero attached hydrogens (tertiary/aromatic N) is 2. The van der Waals surface area contributed by atoms with Crippen LogP contribution in [0, 0.1) is 11.6 Å². The first-order valence-electron chi connectivity index (χ1n) is 5.97. The van der Waals surface area contributed by atoms with Crippen LogP contribution in [0.1, 0.15) is 0 Å². The molecule has 21 heavy (non-hydrogen) atoms. The smallest absolute Gasteiger partial charge is 0.181 e. The first-order valence-corrected chi connectivity index (χ1v) is 6.35. The number of aromatic nitrogens is 3. The highest BCUT2D eigenvalue weighted by Crippen LogP contribution is 2.26. The molecule has 7 heteroatoms. The maximum atomic E-state index is 13.2. The lowest BCUT2D eigenvalue weighted by Crippen LogP contribution is -1.88. The summed E-state index contributed by atoms with van der Waals surface area (Å²) in [5.41, 5.74) is 7.05. The third kappa shape index (κ3) is 2.71. The largest absolute Gasteiger partial charge is 0.398 e. The first-order chi connectivity index (χ1) is 10.0. The molecule has 0 fully saturated rings. The second-order valence-electron chi connectivity index (χ2n) is 4.40. The molecule has 3 N–H and O–H groups in total. The number of H-pyrrole nitrogens is 1. The summed E-state index contributed by atoms with van der Waals surface area (Å²) in [4.78, 5) is 4.21. The quantitative estimate of drug-likeness (QED) is 0.710. The third-order valence-corrected chi connectivity index (χ3v) is 3.22. The van der Waals surface area contributed by atoms with E-state index < -0.39 is 11.6 Å². The van der Waals surface area contributed by atoms with E-state index in [9.17, 15) is 8.78 Å². The molecule has 2 aromatic carbocycles. The van der Waals surface area contributed by atoms with Crippen molar-refractivity contribution in [2.24, 2.45) is 0 Å². The van der Waals surface area contributed by atoms with Crippen molar-refractivity contribution < 1.29 is 8.78 Å². The van der Waals surface area contributed by atoms with Gasteiger partial charge < -0.3 is 5.73 Å². The lowest BCUT2D eigenvalue weighted by molar-refractivity contribution is 0.584. The van der Waals surface area contributed by atoms with E-state index >= 15 is 0 Å². The Hall–Kier alpha value is -2.47. The summed E-state index contributed by atoms with van der Waals surface area (Å²) < 4.78 is 26.4. The molecule has 3 rings (SSSR count). The van der Waals surface area contributed by atoms with Crippen LogP contribution in [0.2, 0.25) is 5.02 Å². The molecular formula is C14H9ClF2N4. The molecule has 1 aromatic heterocycles. The summed E-state index contributed by atoms with van der Waals surface area (Å²) in [6, 6.07) is 8.10. The SMILES string of the molecule is Nc1cc(-c2nc(-c3cc(F)cc(F)c3)n[nH]2)ccc1Cl. The molecule has 0 radical (unpaired) electrons. The van der Waals surface area contributed by atoms with Gasteiger partial charge in [-0.25, -0.2) is 13.8 Å². The predicted octanol–water partition coefficient (Wildman–Crippen LogP) is 3.65. The normalized spacial score (nSPS) is 10.8. The van der Waals surface area contributed by atoms with Gasteiger partial charge in [-0.2, -0.15) is 5.10 Å². The van der Waals surface area contributed by atoms with Gasteiger partial charge in [-0.05, 0) is 30.3 Å². The number of benzene rings is 2. The Labute approximate surface area is 123 Å². The highest BCUT2D eigenvalue weighted by Gasteiger charge is 2.11. The van der Waals surface area contributed by atoms with Crippen molar-refractivity contribution in [2.45, 2.75) is 0 Å². The number of nitrogen functional groups attached to an aromatic ring is 1. The minimum Gasteiger partial charge on any atom is -0.398 e. The van der Waals surface area contributed by atoms with Gasteiger partial charge in [0.2, 0.25) is 0 Å². The van der Waals surface area contributed by atoms with E-state index in [1.807, 2.05) is 0 Å². The van der Waals surface area contributed by atoms with Crippen molar-refractivity contribution in [2.75, 3.05) is 5.73 Å². The molecule has 4 nitrogen and oxygen atoms in total. The summed E-state index contributed by atoms with van der Waals surface area (Å²) in [6.07, 6.45) is 0. The van der Waals surface area contributed by atoms with E-state index in [0.717, 1.165) is 18.2 Å². The second kappa shape index (κ2) is 5.14. The Balaban J connectivity index is 2.01. The maximum Gasteiger partial charge on any atom is 0.181 e. The Morgan fingerprint density at radius 3 is 2.38 bits per heavy atom. The highest BCUT2D eigenvalue weighted by molar-refractivity contribution is 6.33. The average molecular weight is 307 g/mol. The van der Waals surface area contributed by atoms with E-state index in [-0.39, 0.29) is 11.4 Å². The molecule has 0 spiro atoms. The zero-order chi connectivity index (χ0) is 15.0. The van der Waals surface area contributed by atoms with Gasteiger partial charge >= 0.3 is 0 Å². The van der Waals surface area contributed by atoms with Gasteiger partial charge in [-0.15, -0.1) is 0 Å². The third-order valence-electron chi connectivity index (χ3n) is 2.88.